The maximum Gasteiger partial charge on any atom is 0.329 e. The third-order valence-electron chi connectivity index (χ3n) is 0.491. The van der Waals surface area contributed by atoms with Gasteiger partial charge in [0.2, 0.25) is 0 Å². The summed E-state index contributed by atoms with van der Waals surface area (Å²) in [4.78, 5) is 10.1. The van der Waals surface area contributed by atoms with Gasteiger partial charge < -0.3 is 9.84 Å². The third-order valence-corrected chi connectivity index (χ3v) is 0.491. The summed E-state index contributed by atoms with van der Waals surface area (Å²) in [6, 6.07) is 0. The zero-order chi connectivity index (χ0) is 6.41. The van der Waals surface area contributed by atoms with Crippen LogP contribution in [0.4, 0.5) is 0 Å². The molecule has 8 heavy (non-hydrogen) atoms. The van der Waals surface area contributed by atoms with Crippen LogP contribution in [0.3, 0.4) is 0 Å². The Kier molecular flexibility index (Phi) is 3.66. The fourth-order valence-electron chi connectivity index (χ4n) is 0.246. The Morgan fingerprint density at radius 3 is 2.88 bits per heavy atom. The number of carbonyl (C=O) groups excluding carboxylic acids is 1. The fraction of sp³-hybridized carbons (Fsp3) is 0.400. The molecule has 0 aromatic rings. The average molecular weight is 115 g/mol. The molecule has 0 aliphatic heterocycles. The highest BCUT2D eigenvalue weighted by Gasteiger charge is 1.87. The molecule has 0 aliphatic rings. The van der Waals surface area contributed by atoms with Gasteiger partial charge in [0.05, 0.1) is 6.61 Å². The highest BCUT2D eigenvalue weighted by atomic mass is 16.5. The second-order valence-corrected chi connectivity index (χ2v) is 1.05. The zero-order valence-corrected chi connectivity index (χ0v) is 4.59. The summed E-state index contributed by atoms with van der Waals surface area (Å²) < 4.78 is 4.36. The molecule has 0 amide bonds. The van der Waals surface area contributed by atoms with Crippen molar-refractivity contribution in [1.29, 1.82) is 0 Å². The largest absolute Gasteiger partial charge is 0.878 e. The molecule has 0 heterocycles. The van der Waals surface area contributed by atoms with Gasteiger partial charge in [0.15, 0.2) is 0 Å². The van der Waals surface area contributed by atoms with Crippen LogP contribution < -0.4 is 5.11 Å². The van der Waals surface area contributed by atoms with Crippen LogP contribution in [0.25, 0.3) is 0 Å². The second kappa shape index (κ2) is 4.18. The average Bonchev–Trinajstić information content (AvgIpc) is 1.68. The first-order chi connectivity index (χ1) is 3.81. The fourth-order valence-corrected chi connectivity index (χ4v) is 0.246. The van der Waals surface area contributed by atoms with Crippen molar-refractivity contribution < 1.29 is 14.6 Å². The van der Waals surface area contributed by atoms with Crippen molar-refractivity contribution in [3.8, 4) is 0 Å². The maximum absolute atomic E-state index is 10.1. The lowest BCUT2D eigenvalue weighted by atomic mass is 10.6. The van der Waals surface area contributed by atoms with E-state index in [0.717, 1.165) is 6.08 Å². The number of esters is 1. The number of hydrogen-bond acceptors (Lipinski definition) is 3. The molecule has 46 valence electrons. The first-order valence-electron chi connectivity index (χ1n) is 2.26. The molecule has 0 rings (SSSR count). The van der Waals surface area contributed by atoms with Crippen LogP contribution in [0.1, 0.15) is 6.92 Å². The highest BCUT2D eigenvalue weighted by Crippen LogP contribution is 1.76. The lowest BCUT2D eigenvalue weighted by Crippen LogP contribution is -2.00. The predicted molar refractivity (Wildman–Crippen MR) is 25.8 cm³/mol. The minimum absolute atomic E-state index is 0.309. The van der Waals surface area contributed by atoms with Crippen molar-refractivity contribution in [3.63, 3.8) is 0 Å². The Bertz CT molecular complexity index is 95.8. The molecule has 0 N–H and O–H groups in total. The predicted octanol–water partition coefficient (Wildman–Crippen LogP) is -0.577. The summed E-state index contributed by atoms with van der Waals surface area (Å²) in [5.41, 5.74) is 0. The summed E-state index contributed by atoms with van der Waals surface area (Å²) in [5, 5.41) is 9.53. The Morgan fingerprint density at radius 2 is 2.50 bits per heavy atom. The Labute approximate surface area is 47.6 Å². The van der Waals surface area contributed by atoms with Gasteiger partial charge in [-0.15, -0.1) is 6.26 Å². The lowest BCUT2D eigenvalue weighted by Gasteiger charge is -1.94. The monoisotopic (exact) mass is 115 g/mol. The van der Waals surface area contributed by atoms with Gasteiger partial charge in [-0.2, -0.15) is 0 Å². The first kappa shape index (κ1) is 7.01. The van der Waals surface area contributed by atoms with Crippen LogP contribution in [-0.2, 0) is 9.53 Å². The smallest absolute Gasteiger partial charge is 0.329 e. The van der Waals surface area contributed by atoms with E-state index in [4.69, 9.17) is 0 Å². The van der Waals surface area contributed by atoms with Crippen molar-refractivity contribution in [3.05, 3.63) is 12.3 Å². The molecule has 0 saturated carbocycles. The van der Waals surface area contributed by atoms with E-state index in [1.165, 1.54) is 0 Å². The van der Waals surface area contributed by atoms with Gasteiger partial charge in [0.25, 0.3) is 0 Å². The number of ether oxygens (including phenoxy) is 1. The number of carbonyl (C=O) groups is 1. The van der Waals surface area contributed by atoms with Gasteiger partial charge >= 0.3 is 5.97 Å². The SMILES string of the molecule is CCOC(=O)/C=C/[O-]. The molecule has 0 radical (unpaired) electrons. The van der Waals surface area contributed by atoms with E-state index in [1.54, 1.807) is 6.92 Å². The normalized spacial score (nSPS) is 9.62. The quantitative estimate of drug-likeness (QED) is 0.275. The molecule has 0 aromatic heterocycles. The van der Waals surface area contributed by atoms with E-state index >= 15 is 0 Å². The van der Waals surface area contributed by atoms with Crippen molar-refractivity contribution in [1.82, 2.24) is 0 Å². The maximum atomic E-state index is 10.1. The molecule has 3 heteroatoms. The van der Waals surface area contributed by atoms with E-state index in [0.29, 0.717) is 12.9 Å². The van der Waals surface area contributed by atoms with E-state index in [2.05, 4.69) is 4.74 Å². The van der Waals surface area contributed by atoms with Crippen LogP contribution in [0.5, 0.6) is 0 Å². The van der Waals surface area contributed by atoms with Crippen molar-refractivity contribution in [2.75, 3.05) is 6.61 Å². The van der Waals surface area contributed by atoms with E-state index < -0.39 is 5.97 Å². The van der Waals surface area contributed by atoms with Crippen LogP contribution in [0.2, 0.25) is 0 Å². The Hall–Kier alpha value is -0.990. The van der Waals surface area contributed by atoms with Crippen LogP contribution in [0.15, 0.2) is 12.3 Å². The third kappa shape index (κ3) is 3.21. The molecular formula is C5H7O3-. The second-order valence-electron chi connectivity index (χ2n) is 1.05. The van der Waals surface area contributed by atoms with Crippen molar-refractivity contribution in [2.45, 2.75) is 6.92 Å². The molecule has 0 fully saturated rings. The number of hydrogen-bond donors (Lipinski definition) is 0. The Morgan fingerprint density at radius 1 is 1.88 bits per heavy atom. The van der Waals surface area contributed by atoms with E-state index in [1.807, 2.05) is 0 Å². The van der Waals surface area contributed by atoms with Gasteiger partial charge in [0.1, 0.15) is 0 Å². The van der Waals surface area contributed by atoms with Crippen molar-refractivity contribution in [2.24, 2.45) is 0 Å². The summed E-state index contributed by atoms with van der Waals surface area (Å²) in [6.07, 6.45) is 1.24. The molecule has 0 unspecified atom stereocenters. The minimum atomic E-state index is -0.581. The van der Waals surface area contributed by atoms with Gasteiger partial charge in [0, 0.05) is 6.08 Å². The first-order valence-corrected chi connectivity index (χ1v) is 2.26. The number of rotatable bonds is 2. The van der Waals surface area contributed by atoms with Crippen LogP contribution >= 0.6 is 0 Å². The molecular weight excluding hydrogens is 108 g/mol. The lowest BCUT2D eigenvalue weighted by molar-refractivity contribution is -0.275. The Balaban J connectivity index is 3.33. The molecule has 0 atom stereocenters. The summed E-state index contributed by atoms with van der Waals surface area (Å²) in [6.45, 7) is 1.99. The minimum Gasteiger partial charge on any atom is -0.878 e. The highest BCUT2D eigenvalue weighted by molar-refractivity contribution is 5.81. The van der Waals surface area contributed by atoms with Gasteiger partial charge in [-0.25, -0.2) is 4.79 Å². The summed E-state index contributed by atoms with van der Waals surface area (Å²) >= 11 is 0. The zero-order valence-electron chi connectivity index (χ0n) is 4.59. The standard InChI is InChI=1S/C5H8O3/c1-2-8-5(7)3-4-6/h3-4,6H,2H2,1H3/p-1/b4-3+. The van der Waals surface area contributed by atoms with Crippen LogP contribution in [-0.4, -0.2) is 12.6 Å². The molecule has 3 nitrogen and oxygen atoms in total. The molecule has 0 bridgehead atoms. The summed E-state index contributed by atoms with van der Waals surface area (Å²) in [5.74, 6) is -0.581. The van der Waals surface area contributed by atoms with Gasteiger partial charge in [-0.1, -0.05) is 0 Å². The van der Waals surface area contributed by atoms with Gasteiger partial charge in [-0.3, -0.25) is 0 Å². The van der Waals surface area contributed by atoms with E-state index in [9.17, 15) is 9.90 Å². The molecule has 0 spiro atoms. The van der Waals surface area contributed by atoms with E-state index in [-0.39, 0.29) is 0 Å². The van der Waals surface area contributed by atoms with Gasteiger partial charge in [-0.05, 0) is 6.92 Å². The van der Waals surface area contributed by atoms with Crippen LogP contribution in [0, 0.1) is 0 Å². The molecule has 0 aromatic carbocycles. The van der Waals surface area contributed by atoms with Crippen molar-refractivity contribution >= 4 is 5.97 Å². The molecule has 0 aliphatic carbocycles. The molecule has 0 saturated heterocycles. The topological polar surface area (TPSA) is 49.4 Å². The summed E-state index contributed by atoms with van der Waals surface area (Å²) in [7, 11) is 0.